The number of carbonyl (C=O) groups is 2. The van der Waals surface area contributed by atoms with Crippen LogP contribution in [-0.4, -0.2) is 42.0 Å². The van der Waals surface area contributed by atoms with Gasteiger partial charge >= 0.3 is 0 Å². The summed E-state index contributed by atoms with van der Waals surface area (Å²) in [6, 6.07) is 5.68. The monoisotopic (exact) mass is 276 g/mol. The van der Waals surface area contributed by atoms with Gasteiger partial charge in [0.2, 0.25) is 5.91 Å². The van der Waals surface area contributed by atoms with Crippen molar-refractivity contribution in [2.24, 2.45) is 0 Å². The van der Waals surface area contributed by atoms with Crippen molar-refractivity contribution >= 4 is 11.8 Å². The summed E-state index contributed by atoms with van der Waals surface area (Å²) in [5.74, 6) is -0.493. The Morgan fingerprint density at radius 3 is 3.00 bits per heavy atom. The molecule has 1 fully saturated rings. The number of nitrogens with one attached hydrogen (secondary N) is 3. The molecule has 2 amide bonds. The third-order valence-corrected chi connectivity index (χ3v) is 3.30. The molecule has 1 aliphatic heterocycles. The summed E-state index contributed by atoms with van der Waals surface area (Å²) in [5, 5.41) is 8.84. The van der Waals surface area contributed by atoms with Gasteiger partial charge in [-0.3, -0.25) is 14.6 Å². The SMILES string of the molecule is CC1CC(NC(=O)CNC(=O)c2ccccn2)CCN1. The van der Waals surface area contributed by atoms with E-state index in [2.05, 4.69) is 27.9 Å². The third-order valence-electron chi connectivity index (χ3n) is 3.30. The topological polar surface area (TPSA) is 83.1 Å². The van der Waals surface area contributed by atoms with Crippen molar-refractivity contribution in [3.63, 3.8) is 0 Å². The highest BCUT2D eigenvalue weighted by atomic mass is 16.2. The number of rotatable bonds is 4. The fourth-order valence-corrected chi connectivity index (χ4v) is 2.29. The molecule has 2 rings (SSSR count). The lowest BCUT2D eigenvalue weighted by Crippen LogP contribution is -2.49. The van der Waals surface area contributed by atoms with Crippen LogP contribution in [0.4, 0.5) is 0 Å². The van der Waals surface area contributed by atoms with Crippen molar-refractivity contribution in [2.45, 2.75) is 31.8 Å². The largest absolute Gasteiger partial charge is 0.352 e. The van der Waals surface area contributed by atoms with E-state index in [1.807, 2.05) is 0 Å². The molecule has 6 nitrogen and oxygen atoms in total. The molecule has 2 unspecified atom stereocenters. The highest BCUT2D eigenvalue weighted by molar-refractivity contribution is 5.94. The Kier molecular flexibility index (Phi) is 5.06. The zero-order valence-corrected chi connectivity index (χ0v) is 11.6. The second-order valence-corrected chi connectivity index (χ2v) is 5.04. The van der Waals surface area contributed by atoms with Crippen LogP contribution in [0.2, 0.25) is 0 Å². The first-order chi connectivity index (χ1) is 9.65. The maximum absolute atomic E-state index is 11.8. The van der Waals surface area contributed by atoms with E-state index < -0.39 is 0 Å². The van der Waals surface area contributed by atoms with Gasteiger partial charge in [0.15, 0.2) is 0 Å². The Morgan fingerprint density at radius 1 is 1.45 bits per heavy atom. The van der Waals surface area contributed by atoms with E-state index in [1.165, 1.54) is 0 Å². The number of piperidine rings is 1. The van der Waals surface area contributed by atoms with Crippen LogP contribution in [0.5, 0.6) is 0 Å². The van der Waals surface area contributed by atoms with E-state index in [-0.39, 0.29) is 24.4 Å². The molecule has 0 saturated carbocycles. The van der Waals surface area contributed by atoms with Gasteiger partial charge in [-0.1, -0.05) is 6.07 Å². The molecule has 1 saturated heterocycles. The summed E-state index contributed by atoms with van der Waals surface area (Å²) in [6.45, 7) is 2.99. The predicted octanol–water partition coefficient (Wildman–Crippen LogP) is 0.0681. The molecule has 3 N–H and O–H groups in total. The quantitative estimate of drug-likeness (QED) is 0.726. The smallest absolute Gasteiger partial charge is 0.270 e. The summed E-state index contributed by atoms with van der Waals surface area (Å²) in [5.41, 5.74) is 0.316. The van der Waals surface area contributed by atoms with Crippen molar-refractivity contribution in [1.82, 2.24) is 20.9 Å². The lowest BCUT2D eigenvalue weighted by atomic mass is 10.0. The Labute approximate surface area is 118 Å². The van der Waals surface area contributed by atoms with E-state index in [9.17, 15) is 9.59 Å². The van der Waals surface area contributed by atoms with Crippen molar-refractivity contribution in [3.8, 4) is 0 Å². The van der Waals surface area contributed by atoms with Crippen LogP contribution in [0.3, 0.4) is 0 Å². The molecule has 1 aliphatic rings. The van der Waals surface area contributed by atoms with Crippen LogP contribution in [0.1, 0.15) is 30.3 Å². The molecule has 1 aromatic rings. The van der Waals surface area contributed by atoms with E-state index in [4.69, 9.17) is 0 Å². The number of nitrogens with zero attached hydrogens (tertiary/aromatic N) is 1. The van der Waals surface area contributed by atoms with Crippen molar-refractivity contribution in [2.75, 3.05) is 13.1 Å². The van der Waals surface area contributed by atoms with Gasteiger partial charge in [0.25, 0.3) is 5.91 Å². The van der Waals surface area contributed by atoms with Crippen LogP contribution < -0.4 is 16.0 Å². The van der Waals surface area contributed by atoms with Crippen LogP contribution >= 0.6 is 0 Å². The summed E-state index contributed by atoms with van der Waals surface area (Å²) >= 11 is 0. The number of amides is 2. The van der Waals surface area contributed by atoms with E-state index in [0.717, 1.165) is 19.4 Å². The van der Waals surface area contributed by atoms with E-state index in [0.29, 0.717) is 11.7 Å². The van der Waals surface area contributed by atoms with Gasteiger partial charge in [-0.25, -0.2) is 0 Å². The number of carbonyl (C=O) groups excluding carboxylic acids is 2. The van der Waals surface area contributed by atoms with Gasteiger partial charge in [0.05, 0.1) is 6.54 Å². The number of hydrogen-bond acceptors (Lipinski definition) is 4. The minimum absolute atomic E-state index is 0.0201. The molecule has 108 valence electrons. The Balaban J connectivity index is 1.73. The molecule has 0 radical (unpaired) electrons. The van der Waals surface area contributed by atoms with Gasteiger partial charge in [-0.2, -0.15) is 0 Å². The first kappa shape index (κ1) is 14.5. The predicted molar refractivity (Wildman–Crippen MR) is 75.2 cm³/mol. The van der Waals surface area contributed by atoms with Gasteiger partial charge in [0, 0.05) is 18.3 Å². The Bertz CT molecular complexity index is 464. The van der Waals surface area contributed by atoms with Crippen molar-refractivity contribution in [3.05, 3.63) is 30.1 Å². The Hall–Kier alpha value is -1.95. The summed E-state index contributed by atoms with van der Waals surface area (Å²) < 4.78 is 0. The van der Waals surface area contributed by atoms with Crippen LogP contribution in [0.25, 0.3) is 0 Å². The molecule has 0 spiro atoms. The molecular formula is C14H20N4O2. The zero-order valence-electron chi connectivity index (χ0n) is 11.6. The summed E-state index contributed by atoms with van der Waals surface area (Å²) in [6.07, 6.45) is 3.38. The van der Waals surface area contributed by atoms with Crippen molar-refractivity contribution < 1.29 is 9.59 Å². The average molecular weight is 276 g/mol. The maximum atomic E-state index is 11.8. The van der Waals surface area contributed by atoms with Crippen LogP contribution in [0, 0.1) is 0 Å². The van der Waals surface area contributed by atoms with Crippen molar-refractivity contribution in [1.29, 1.82) is 0 Å². The molecule has 20 heavy (non-hydrogen) atoms. The fourth-order valence-electron chi connectivity index (χ4n) is 2.29. The molecule has 6 heteroatoms. The minimum atomic E-state index is -0.334. The van der Waals surface area contributed by atoms with E-state index in [1.54, 1.807) is 24.4 Å². The standard InChI is InChI=1S/C14H20N4O2/c1-10-8-11(5-7-15-10)18-13(19)9-17-14(20)12-4-2-3-6-16-12/h2-4,6,10-11,15H,5,7-9H2,1H3,(H,17,20)(H,18,19). The van der Waals surface area contributed by atoms with Gasteiger partial charge in [-0.05, 0) is 38.4 Å². The highest BCUT2D eigenvalue weighted by Gasteiger charge is 2.20. The number of pyridine rings is 1. The molecule has 2 atom stereocenters. The lowest BCUT2D eigenvalue weighted by Gasteiger charge is -2.28. The second kappa shape index (κ2) is 7.00. The molecule has 0 aliphatic carbocycles. The molecular weight excluding hydrogens is 256 g/mol. The first-order valence-electron chi connectivity index (χ1n) is 6.87. The minimum Gasteiger partial charge on any atom is -0.352 e. The van der Waals surface area contributed by atoms with Gasteiger partial charge < -0.3 is 16.0 Å². The zero-order chi connectivity index (χ0) is 14.4. The van der Waals surface area contributed by atoms with Crippen LogP contribution in [0.15, 0.2) is 24.4 Å². The maximum Gasteiger partial charge on any atom is 0.270 e. The highest BCUT2D eigenvalue weighted by Crippen LogP contribution is 2.07. The van der Waals surface area contributed by atoms with E-state index >= 15 is 0 Å². The second-order valence-electron chi connectivity index (χ2n) is 5.04. The fraction of sp³-hybridized carbons (Fsp3) is 0.500. The van der Waals surface area contributed by atoms with Crippen LogP contribution in [-0.2, 0) is 4.79 Å². The lowest BCUT2D eigenvalue weighted by molar-refractivity contribution is -0.121. The van der Waals surface area contributed by atoms with Gasteiger partial charge in [0.1, 0.15) is 5.69 Å². The molecule has 0 bridgehead atoms. The summed E-state index contributed by atoms with van der Waals surface area (Å²) in [4.78, 5) is 27.4. The molecule has 0 aromatic carbocycles. The Morgan fingerprint density at radius 2 is 2.30 bits per heavy atom. The molecule has 1 aromatic heterocycles. The normalized spacial score (nSPS) is 22.1. The summed E-state index contributed by atoms with van der Waals surface area (Å²) in [7, 11) is 0. The number of hydrogen-bond donors (Lipinski definition) is 3. The first-order valence-corrected chi connectivity index (χ1v) is 6.87. The number of aromatic nitrogens is 1. The molecule has 2 heterocycles. The third kappa shape index (κ3) is 4.31. The average Bonchev–Trinajstić information content (AvgIpc) is 2.46. The van der Waals surface area contributed by atoms with Gasteiger partial charge in [-0.15, -0.1) is 0 Å².